The summed E-state index contributed by atoms with van der Waals surface area (Å²) in [7, 11) is 0. The molecule has 7 nitrogen and oxygen atoms in total. The summed E-state index contributed by atoms with van der Waals surface area (Å²) in [5.74, 6) is -0.412. The number of ether oxygens (including phenoxy) is 1. The van der Waals surface area contributed by atoms with E-state index in [-0.39, 0.29) is 18.2 Å². The lowest BCUT2D eigenvalue weighted by molar-refractivity contribution is 0.0518. The molecule has 0 atom stereocenters. The number of alkyl halides is 1. The van der Waals surface area contributed by atoms with Gasteiger partial charge in [-0.2, -0.15) is 0 Å². The first-order valence-corrected chi connectivity index (χ1v) is 6.20. The Kier molecular flexibility index (Phi) is 4.40. The Morgan fingerprint density at radius 1 is 1.47 bits per heavy atom. The molecule has 0 amide bonds. The molecular formula is C11H12ClN5O2. The van der Waals surface area contributed by atoms with Gasteiger partial charge in [0, 0.05) is 12.4 Å². The molecule has 0 saturated carbocycles. The van der Waals surface area contributed by atoms with E-state index in [2.05, 4.69) is 20.3 Å². The van der Waals surface area contributed by atoms with Gasteiger partial charge in [-0.25, -0.2) is 9.48 Å². The molecule has 0 saturated heterocycles. The van der Waals surface area contributed by atoms with E-state index in [1.54, 1.807) is 25.5 Å². The van der Waals surface area contributed by atoms with Crippen molar-refractivity contribution >= 4 is 17.6 Å². The average molecular weight is 282 g/mol. The van der Waals surface area contributed by atoms with E-state index in [1.807, 2.05) is 0 Å². The summed E-state index contributed by atoms with van der Waals surface area (Å²) < 4.78 is 6.41. The van der Waals surface area contributed by atoms with Crippen LogP contribution in [0.4, 0.5) is 0 Å². The summed E-state index contributed by atoms with van der Waals surface area (Å²) in [4.78, 5) is 19.8. The van der Waals surface area contributed by atoms with Crippen LogP contribution in [0, 0.1) is 0 Å². The Morgan fingerprint density at radius 2 is 2.32 bits per heavy atom. The summed E-state index contributed by atoms with van der Waals surface area (Å²) in [5, 5.41) is 7.71. The fraction of sp³-hybridized carbons (Fsp3) is 0.364. The van der Waals surface area contributed by atoms with Gasteiger partial charge in [0.25, 0.3) is 0 Å². The molecular weight excluding hydrogens is 270 g/mol. The first-order valence-electron chi connectivity index (χ1n) is 5.66. The van der Waals surface area contributed by atoms with Crippen molar-refractivity contribution in [3.05, 3.63) is 35.7 Å². The maximum absolute atomic E-state index is 11.7. The van der Waals surface area contributed by atoms with Crippen LogP contribution >= 0.6 is 11.6 Å². The zero-order valence-corrected chi connectivity index (χ0v) is 11.0. The summed E-state index contributed by atoms with van der Waals surface area (Å²) in [6.45, 7) is 2.35. The van der Waals surface area contributed by atoms with Gasteiger partial charge in [-0.3, -0.25) is 9.97 Å². The molecule has 0 N–H and O–H groups in total. The number of hydrogen-bond acceptors (Lipinski definition) is 6. The van der Waals surface area contributed by atoms with Gasteiger partial charge < -0.3 is 4.74 Å². The van der Waals surface area contributed by atoms with E-state index in [0.717, 1.165) is 0 Å². The molecule has 0 aliphatic heterocycles. The number of hydrogen-bond donors (Lipinski definition) is 0. The Balaban J connectivity index is 2.25. The van der Waals surface area contributed by atoms with E-state index in [0.29, 0.717) is 17.9 Å². The topological polar surface area (TPSA) is 82.8 Å². The molecule has 100 valence electrons. The first kappa shape index (κ1) is 13.4. The second-order valence-corrected chi connectivity index (χ2v) is 3.86. The number of carbonyl (C=O) groups is 1. The van der Waals surface area contributed by atoms with Crippen LogP contribution in [0.15, 0.2) is 18.6 Å². The third-order valence-electron chi connectivity index (χ3n) is 2.36. The molecule has 2 aromatic heterocycles. The molecule has 0 spiro atoms. The van der Waals surface area contributed by atoms with Crippen LogP contribution in [0.1, 0.15) is 28.8 Å². The van der Waals surface area contributed by atoms with Crippen LogP contribution in [0.2, 0.25) is 0 Å². The van der Waals surface area contributed by atoms with Crippen LogP contribution in [-0.2, 0) is 17.2 Å². The molecule has 8 heteroatoms. The standard InChI is InChI=1S/C11H12ClN5O2/c1-2-19-11(18)10-9(5-12)17(16-15-10)7-8-6-13-3-4-14-8/h3-4,6H,2,5,7H2,1H3. The third kappa shape index (κ3) is 3.05. The molecule has 0 aliphatic carbocycles. The largest absolute Gasteiger partial charge is 0.461 e. The smallest absolute Gasteiger partial charge is 0.360 e. The minimum absolute atomic E-state index is 0.113. The zero-order valence-electron chi connectivity index (χ0n) is 10.3. The Hall–Kier alpha value is -2.02. The fourth-order valence-electron chi connectivity index (χ4n) is 1.52. The van der Waals surface area contributed by atoms with E-state index >= 15 is 0 Å². The lowest BCUT2D eigenvalue weighted by Gasteiger charge is -2.04. The predicted octanol–water partition coefficient (Wildman–Crippen LogP) is 1.03. The van der Waals surface area contributed by atoms with Crippen LogP contribution in [-0.4, -0.2) is 37.5 Å². The van der Waals surface area contributed by atoms with E-state index in [9.17, 15) is 4.79 Å². The molecule has 0 radical (unpaired) electrons. The molecule has 0 bridgehead atoms. The van der Waals surface area contributed by atoms with E-state index in [1.165, 1.54) is 4.68 Å². The minimum Gasteiger partial charge on any atom is -0.461 e. The van der Waals surface area contributed by atoms with Crippen molar-refractivity contribution in [2.45, 2.75) is 19.3 Å². The van der Waals surface area contributed by atoms with Crippen molar-refractivity contribution in [3.63, 3.8) is 0 Å². The Bertz CT molecular complexity index is 557. The van der Waals surface area contributed by atoms with Gasteiger partial charge in [-0.1, -0.05) is 5.21 Å². The van der Waals surface area contributed by atoms with Crippen molar-refractivity contribution in [3.8, 4) is 0 Å². The highest BCUT2D eigenvalue weighted by atomic mass is 35.5. The lowest BCUT2D eigenvalue weighted by Crippen LogP contribution is -2.11. The summed E-state index contributed by atoms with van der Waals surface area (Å²) in [6, 6.07) is 0. The molecule has 19 heavy (non-hydrogen) atoms. The summed E-state index contributed by atoms with van der Waals surface area (Å²) in [5.41, 5.74) is 1.35. The van der Waals surface area contributed by atoms with Crippen LogP contribution in [0.3, 0.4) is 0 Å². The van der Waals surface area contributed by atoms with Gasteiger partial charge in [0.15, 0.2) is 5.69 Å². The maximum Gasteiger partial charge on any atom is 0.360 e. The van der Waals surface area contributed by atoms with E-state index < -0.39 is 5.97 Å². The van der Waals surface area contributed by atoms with Crippen molar-refractivity contribution < 1.29 is 9.53 Å². The molecule has 0 aromatic carbocycles. The number of aromatic nitrogens is 5. The quantitative estimate of drug-likeness (QED) is 0.601. The minimum atomic E-state index is -0.524. The van der Waals surface area contributed by atoms with Gasteiger partial charge in [0.2, 0.25) is 0 Å². The van der Waals surface area contributed by atoms with E-state index in [4.69, 9.17) is 16.3 Å². The highest BCUT2D eigenvalue weighted by molar-refractivity contribution is 6.17. The van der Waals surface area contributed by atoms with Crippen LogP contribution in [0.5, 0.6) is 0 Å². The normalized spacial score (nSPS) is 10.4. The van der Waals surface area contributed by atoms with Crippen molar-refractivity contribution in [1.82, 2.24) is 25.0 Å². The number of rotatable bonds is 5. The highest BCUT2D eigenvalue weighted by Crippen LogP contribution is 2.11. The van der Waals surface area contributed by atoms with Crippen LogP contribution < -0.4 is 0 Å². The average Bonchev–Trinajstić information content (AvgIpc) is 2.83. The second-order valence-electron chi connectivity index (χ2n) is 3.59. The molecule has 0 aliphatic rings. The summed E-state index contributed by atoms with van der Waals surface area (Å²) >= 11 is 5.84. The monoisotopic (exact) mass is 281 g/mol. The number of carbonyl (C=O) groups excluding carboxylic acids is 1. The van der Waals surface area contributed by atoms with Crippen molar-refractivity contribution in [2.75, 3.05) is 6.61 Å². The second kappa shape index (κ2) is 6.24. The SMILES string of the molecule is CCOC(=O)c1nnn(Cc2cnccn2)c1CCl. The highest BCUT2D eigenvalue weighted by Gasteiger charge is 2.20. The molecule has 2 heterocycles. The van der Waals surface area contributed by atoms with Gasteiger partial charge >= 0.3 is 5.97 Å². The van der Waals surface area contributed by atoms with Gasteiger partial charge in [0.05, 0.1) is 36.6 Å². The fourth-order valence-corrected chi connectivity index (χ4v) is 1.78. The number of esters is 1. The third-order valence-corrected chi connectivity index (χ3v) is 2.61. The summed E-state index contributed by atoms with van der Waals surface area (Å²) in [6.07, 6.45) is 4.78. The number of nitrogens with zero attached hydrogens (tertiary/aromatic N) is 5. The van der Waals surface area contributed by atoms with Gasteiger partial charge in [-0.15, -0.1) is 16.7 Å². The molecule has 0 fully saturated rings. The maximum atomic E-state index is 11.7. The first-order chi connectivity index (χ1) is 9.26. The predicted molar refractivity (Wildman–Crippen MR) is 66.7 cm³/mol. The Labute approximate surface area is 114 Å². The number of halogens is 1. The van der Waals surface area contributed by atoms with Crippen LogP contribution in [0.25, 0.3) is 0 Å². The van der Waals surface area contributed by atoms with Crippen molar-refractivity contribution in [1.29, 1.82) is 0 Å². The Morgan fingerprint density at radius 3 is 2.95 bits per heavy atom. The molecule has 2 rings (SSSR count). The zero-order chi connectivity index (χ0) is 13.7. The molecule has 2 aromatic rings. The molecule has 0 unspecified atom stereocenters. The van der Waals surface area contributed by atoms with Crippen molar-refractivity contribution in [2.24, 2.45) is 0 Å². The lowest BCUT2D eigenvalue weighted by atomic mass is 10.3. The van der Waals surface area contributed by atoms with Gasteiger partial charge in [0.1, 0.15) is 0 Å². The van der Waals surface area contributed by atoms with Gasteiger partial charge in [-0.05, 0) is 6.92 Å².